The highest BCUT2D eigenvalue weighted by Gasteiger charge is 2.16. The number of methoxy groups -OCH3 is 1. The van der Waals surface area contributed by atoms with Crippen LogP contribution in [0.25, 0.3) is 10.9 Å². The van der Waals surface area contributed by atoms with Crippen molar-refractivity contribution < 1.29 is 14.2 Å². The molecule has 2 N–H and O–H groups in total. The zero-order valence-electron chi connectivity index (χ0n) is 20.9. The molecule has 1 fully saturated rings. The molecule has 0 bridgehead atoms. The third kappa shape index (κ3) is 6.96. The lowest BCUT2D eigenvalue weighted by Crippen LogP contribution is -2.40. The van der Waals surface area contributed by atoms with E-state index in [0.717, 1.165) is 73.9 Å². The van der Waals surface area contributed by atoms with E-state index < -0.39 is 0 Å². The molecule has 2 aromatic carbocycles. The molecule has 0 atom stereocenters. The number of benzene rings is 2. The minimum Gasteiger partial charge on any atom is -0.497 e. The Bertz CT molecular complexity index is 1210. The van der Waals surface area contributed by atoms with Gasteiger partial charge in [0.25, 0.3) is 5.56 Å². The molecule has 2 heterocycles. The summed E-state index contributed by atoms with van der Waals surface area (Å²) in [6, 6.07) is 15.3. The van der Waals surface area contributed by atoms with Gasteiger partial charge in [-0.2, -0.15) is 0 Å². The van der Waals surface area contributed by atoms with Gasteiger partial charge in [0, 0.05) is 48.3 Å². The second kappa shape index (κ2) is 12.7. The number of thiocarbonyl (C=S) groups is 1. The van der Waals surface area contributed by atoms with Crippen molar-refractivity contribution in [1.82, 2.24) is 14.8 Å². The first-order valence-corrected chi connectivity index (χ1v) is 12.8. The third-order valence-electron chi connectivity index (χ3n) is 6.20. The fraction of sp³-hybridized carbons (Fsp3) is 0.407. The van der Waals surface area contributed by atoms with Crippen LogP contribution in [0.3, 0.4) is 0 Å². The molecule has 0 aliphatic carbocycles. The minimum absolute atomic E-state index is 0.116. The highest BCUT2D eigenvalue weighted by Crippen LogP contribution is 2.20. The number of morpholine rings is 1. The van der Waals surface area contributed by atoms with Gasteiger partial charge in [0.1, 0.15) is 11.5 Å². The lowest BCUT2D eigenvalue weighted by Gasteiger charge is -2.29. The molecule has 1 saturated heterocycles. The fourth-order valence-corrected chi connectivity index (χ4v) is 4.52. The van der Waals surface area contributed by atoms with Gasteiger partial charge >= 0.3 is 0 Å². The lowest BCUT2D eigenvalue weighted by molar-refractivity contribution is 0.0367. The summed E-state index contributed by atoms with van der Waals surface area (Å²) in [6.45, 7) is 8.09. The van der Waals surface area contributed by atoms with Gasteiger partial charge in [-0.15, -0.1) is 0 Å². The van der Waals surface area contributed by atoms with Crippen LogP contribution < -0.4 is 20.3 Å². The predicted octanol–water partition coefficient (Wildman–Crippen LogP) is 3.86. The number of ether oxygens (including phenoxy) is 3. The number of anilines is 1. The maximum Gasteiger partial charge on any atom is 0.253 e. The van der Waals surface area contributed by atoms with E-state index in [1.54, 1.807) is 7.11 Å². The van der Waals surface area contributed by atoms with Crippen LogP contribution in [0.4, 0.5) is 5.69 Å². The molecular formula is C27H34N4O4S. The van der Waals surface area contributed by atoms with Gasteiger partial charge in [-0.25, -0.2) is 0 Å². The van der Waals surface area contributed by atoms with Crippen molar-refractivity contribution in [2.24, 2.45) is 0 Å². The van der Waals surface area contributed by atoms with Gasteiger partial charge in [-0.3, -0.25) is 9.69 Å². The second-order valence-corrected chi connectivity index (χ2v) is 9.08. The van der Waals surface area contributed by atoms with Crippen LogP contribution in [0.5, 0.6) is 11.5 Å². The van der Waals surface area contributed by atoms with Crippen LogP contribution >= 0.6 is 12.2 Å². The molecule has 0 unspecified atom stereocenters. The third-order valence-corrected chi connectivity index (χ3v) is 6.56. The summed E-state index contributed by atoms with van der Waals surface area (Å²) < 4.78 is 16.4. The number of fused-ring (bicyclic) bond motifs is 1. The first-order chi connectivity index (χ1) is 17.6. The summed E-state index contributed by atoms with van der Waals surface area (Å²) >= 11 is 5.81. The SMILES string of the molecule is CCOc1ccc(NC(=S)N(CCCN2CCOCC2)Cc2cc3cc(OC)ccc3[nH]c2=O)cc1. The maximum atomic E-state index is 12.9. The Balaban J connectivity index is 1.50. The van der Waals surface area contributed by atoms with Crippen molar-refractivity contribution in [2.75, 3.05) is 58.4 Å². The summed E-state index contributed by atoms with van der Waals surface area (Å²) in [5, 5.41) is 4.83. The Labute approximate surface area is 217 Å². The second-order valence-electron chi connectivity index (χ2n) is 8.69. The quantitative estimate of drug-likeness (QED) is 0.398. The maximum absolute atomic E-state index is 12.9. The van der Waals surface area contributed by atoms with E-state index in [4.69, 9.17) is 26.4 Å². The summed E-state index contributed by atoms with van der Waals surface area (Å²) in [7, 11) is 1.63. The van der Waals surface area contributed by atoms with E-state index >= 15 is 0 Å². The van der Waals surface area contributed by atoms with Crippen molar-refractivity contribution >= 4 is 33.9 Å². The highest BCUT2D eigenvalue weighted by molar-refractivity contribution is 7.80. The van der Waals surface area contributed by atoms with Gasteiger partial charge in [0.05, 0.1) is 33.5 Å². The molecule has 192 valence electrons. The molecule has 0 spiro atoms. The minimum atomic E-state index is -0.116. The number of pyridine rings is 1. The van der Waals surface area contributed by atoms with Gasteiger partial charge in [-0.05, 0) is 74.1 Å². The van der Waals surface area contributed by atoms with Crippen LogP contribution in [-0.2, 0) is 11.3 Å². The molecule has 9 heteroatoms. The van der Waals surface area contributed by atoms with Crippen molar-refractivity contribution in [3.63, 3.8) is 0 Å². The summed E-state index contributed by atoms with van der Waals surface area (Å²) in [4.78, 5) is 20.4. The van der Waals surface area contributed by atoms with Gasteiger partial charge in [0.15, 0.2) is 5.11 Å². The van der Waals surface area contributed by atoms with E-state index in [1.165, 1.54) is 0 Å². The summed E-state index contributed by atoms with van der Waals surface area (Å²) in [5.74, 6) is 1.56. The van der Waals surface area contributed by atoms with Gasteiger partial charge in [-0.1, -0.05) is 0 Å². The average Bonchev–Trinajstić information content (AvgIpc) is 2.90. The zero-order valence-corrected chi connectivity index (χ0v) is 21.7. The van der Waals surface area contributed by atoms with Crippen molar-refractivity contribution in [2.45, 2.75) is 19.9 Å². The Morgan fingerprint density at radius 1 is 1.14 bits per heavy atom. The monoisotopic (exact) mass is 510 g/mol. The topological polar surface area (TPSA) is 79.1 Å². The molecule has 3 aromatic rings. The average molecular weight is 511 g/mol. The number of H-pyrrole nitrogens is 1. The first-order valence-electron chi connectivity index (χ1n) is 12.3. The molecular weight excluding hydrogens is 476 g/mol. The van der Waals surface area contributed by atoms with E-state index in [1.807, 2.05) is 55.5 Å². The largest absolute Gasteiger partial charge is 0.497 e. The molecule has 4 rings (SSSR count). The molecule has 8 nitrogen and oxygen atoms in total. The van der Waals surface area contributed by atoms with Crippen LogP contribution in [0.15, 0.2) is 53.3 Å². The van der Waals surface area contributed by atoms with E-state index in [-0.39, 0.29) is 5.56 Å². The number of aromatic amines is 1. The highest BCUT2D eigenvalue weighted by atomic mass is 32.1. The number of nitrogens with zero attached hydrogens (tertiary/aromatic N) is 2. The van der Waals surface area contributed by atoms with Crippen LogP contribution in [0.1, 0.15) is 18.9 Å². The van der Waals surface area contributed by atoms with Crippen LogP contribution in [0.2, 0.25) is 0 Å². The standard InChI is InChI=1S/C27H34N4O4S/c1-3-35-23-7-5-22(6-8-23)28-27(36)31(12-4-11-30-13-15-34-16-14-30)19-21-17-20-18-24(33-2)9-10-25(20)29-26(21)32/h5-10,17-18H,3-4,11-16,19H2,1-2H3,(H,28,36)(H,29,32). The van der Waals surface area contributed by atoms with Gasteiger partial charge < -0.3 is 29.4 Å². The van der Waals surface area contributed by atoms with Crippen molar-refractivity contribution in [1.29, 1.82) is 0 Å². The predicted molar refractivity (Wildman–Crippen MR) is 147 cm³/mol. The Morgan fingerprint density at radius 3 is 2.61 bits per heavy atom. The van der Waals surface area contributed by atoms with E-state index in [2.05, 4.69) is 20.1 Å². The Kier molecular flexibility index (Phi) is 9.16. The molecule has 1 aliphatic rings. The number of hydrogen-bond acceptors (Lipinski definition) is 6. The smallest absolute Gasteiger partial charge is 0.253 e. The molecule has 36 heavy (non-hydrogen) atoms. The number of nitrogens with one attached hydrogen (secondary N) is 2. The number of rotatable bonds is 10. The zero-order chi connectivity index (χ0) is 25.3. The Morgan fingerprint density at radius 2 is 1.89 bits per heavy atom. The number of hydrogen-bond donors (Lipinski definition) is 2. The molecule has 0 radical (unpaired) electrons. The first kappa shape index (κ1) is 25.9. The summed E-state index contributed by atoms with van der Waals surface area (Å²) in [5.41, 5.74) is 2.19. The molecule has 0 amide bonds. The molecule has 0 saturated carbocycles. The molecule has 1 aromatic heterocycles. The van der Waals surface area contributed by atoms with Gasteiger partial charge in [0.2, 0.25) is 0 Å². The number of aromatic nitrogens is 1. The van der Waals surface area contributed by atoms with Crippen molar-refractivity contribution in [3.05, 3.63) is 64.4 Å². The normalized spacial score (nSPS) is 13.9. The summed E-state index contributed by atoms with van der Waals surface area (Å²) in [6.07, 6.45) is 0.921. The van der Waals surface area contributed by atoms with Crippen molar-refractivity contribution in [3.8, 4) is 11.5 Å². The molecule has 1 aliphatic heterocycles. The fourth-order valence-electron chi connectivity index (χ4n) is 4.25. The van der Waals surface area contributed by atoms with Crippen LogP contribution in [0, 0.1) is 0 Å². The Hall–Kier alpha value is -3.14. The van der Waals surface area contributed by atoms with E-state index in [0.29, 0.717) is 23.8 Å². The van der Waals surface area contributed by atoms with Crippen LogP contribution in [-0.4, -0.2) is 73.0 Å². The lowest BCUT2D eigenvalue weighted by atomic mass is 10.1. The van der Waals surface area contributed by atoms with E-state index in [9.17, 15) is 4.79 Å².